The van der Waals surface area contributed by atoms with Gasteiger partial charge < -0.3 is 15.8 Å². The van der Waals surface area contributed by atoms with E-state index >= 15 is 0 Å². The van der Waals surface area contributed by atoms with E-state index in [2.05, 4.69) is 17.2 Å². The molecule has 98 valence electrons. The summed E-state index contributed by atoms with van der Waals surface area (Å²) >= 11 is 0. The predicted octanol–water partition coefficient (Wildman–Crippen LogP) is 2.05. The van der Waals surface area contributed by atoms with E-state index in [1.807, 2.05) is 0 Å². The largest absolute Gasteiger partial charge is 0.462 e. The summed E-state index contributed by atoms with van der Waals surface area (Å²) in [6, 6.07) is 1.58. The van der Waals surface area contributed by atoms with Gasteiger partial charge in [0.15, 0.2) is 0 Å². The number of nitrogen functional groups attached to an aromatic ring is 1. The molecule has 1 aromatic heterocycles. The molecule has 0 saturated heterocycles. The molecule has 1 aliphatic rings. The summed E-state index contributed by atoms with van der Waals surface area (Å²) in [5.41, 5.74) is 7.03. The minimum Gasteiger partial charge on any atom is -0.462 e. The molecule has 2 rings (SSSR count). The molecule has 1 heterocycles. The topological polar surface area (TPSA) is 77.2 Å². The number of nitrogens with two attached hydrogens (primary N) is 1. The maximum absolute atomic E-state index is 11.7. The van der Waals surface area contributed by atoms with Crippen LogP contribution in [0.5, 0.6) is 0 Å². The van der Waals surface area contributed by atoms with E-state index in [1.54, 1.807) is 19.2 Å². The lowest BCUT2D eigenvalue weighted by atomic mass is 10.1. The second kappa shape index (κ2) is 4.84. The van der Waals surface area contributed by atoms with Crippen LogP contribution in [0, 0.1) is 5.41 Å². The normalized spacial score (nSPS) is 16.1. The Morgan fingerprint density at radius 1 is 1.61 bits per heavy atom. The molecule has 1 aliphatic carbocycles. The van der Waals surface area contributed by atoms with Crippen molar-refractivity contribution in [1.82, 2.24) is 4.98 Å². The number of nitrogens with zero attached hydrogens (tertiary/aromatic N) is 1. The Morgan fingerprint density at radius 3 is 2.94 bits per heavy atom. The van der Waals surface area contributed by atoms with Gasteiger partial charge in [0.1, 0.15) is 5.82 Å². The fourth-order valence-corrected chi connectivity index (χ4v) is 1.69. The number of pyridine rings is 1. The van der Waals surface area contributed by atoms with Gasteiger partial charge in [-0.15, -0.1) is 0 Å². The molecule has 0 aliphatic heterocycles. The standard InChI is InChI=1S/C13H19N3O2/c1-3-18-12(17)9-4-7-15-11(10(9)14)16-8-13(2)5-6-13/h4,7H,3,5-6,8,14H2,1-2H3,(H,15,16). The van der Waals surface area contributed by atoms with E-state index < -0.39 is 5.97 Å². The van der Waals surface area contributed by atoms with Crippen LogP contribution in [0.25, 0.3) is 0 Å². The lowest BCUT2D eigenvalue weighted by Gasteiger charge is -2.14. The summed E-state index contributed by atoms with van der Waals surface area (Å²) in [6.45, 7) is 5.14. The van der Waals surface area contributed by atoms with Crippen molar-refractivity contribution in [3.63, 3.8) is 0 Å². The molecule has 5 heteroatoms. The molecule has 18 heavy (non-hydrogen) atoms. The van der Waals surface area contributed by atoms with Gasteiger partial charge in [0.05, 0.1) is 17.9 Å². The van der Waals surface area contributed by atoms with Gasteiger partial charge in [-0.25, -0.2) is 9.78 Å². The van der Waals surface area contributed by atoms with Gasteiger partial charge in [0, 0.05) is 12.7 Å². The number of ether oxygens (including phenoxy) is 1. The summed E-state index contributed by atoms with van der Waals surface area (Å²) in [4.78, 5) is 15.8. The van der Waals surface area contributed by atoms with Crippen LogP contribution >= 0.6 is 0 Å². The maximum atomic E-state index is 11.7. The van der Waals surface area contributed by atoms with Crippen molar-refractivity contribution in [2.45, 2.75) is 26.7 Å². The number of aromatic nitrogens is 1. The highest BCUT2D eigenvalue weighted by atomic mass is 16.5. The summed E-state index contributed by atoms with van der Waals surface area (Å²) in [7, 11) is 0. The fraction of sp³-hybridized carbons (Fsp3) is 0.538. The van der Waals surface area contributed by atoms with Crippen LogP contribution < -0.4 is 11.1 Å². The first-order valence-electron chi connectivity index (χ1n) is 6.21. The minimum absolute atomic E-state index is 0.335. The van der Waals surface area contributed by atoms with Gasteiger partial charge in [-0.1, -0.05) is 6.92 Å². The lowest BCUT2D eigenvalue weighted by Crippen LogP contribution is -2.16. The average Bonchev–Trinajstić information content (AvgIpc) is 3.07. The molecule has 0 unspecified atom stereocenters. The Kier molecular flexibility index (Phi) is 3.41. The lowest BCUT2D eigenvalue weighted by molar-refractivity contribution is 0.0527. The molecule has 5 nitrogen and oxygen atoms in total. The Bertz CT molecular complexity index is 456. The zero-order valence-electron chi connectivity index (χ0n) is 10.8. The van der Waals surface area contributed by atoms with Gasteiger partial charge in [-0.3, -0.25) is 0 Å². The number of anilines is 2. The Balaban J connectivity index is 2.11. The maximum Gasteiger partial charge on any atom is 0.340 e. The smallest absolute Gasteiger partial charge is 0.340 e. The molecule has 1 fully saturated rings. The highest BCUT2D eigenvalue weighted by Crippen LogP contribution is 2.44. The predicted molar refractivity (Wildman–Crippen MR) is 70.4 cm³/mol. The second-order valence-corrected chi connectivity index (χ2v) is 5.01. The van der Waals surface area contributed by atoms with E-state index in [9.17, 15) is 4.79 Å². The van der Waals surface area contributed by atoms with Crippen molar-refractivity contribution in [3.05, 3.63) is 17.8 Å². The first-order valence-corrected chi connectivity index (χ1v) is 6.21. The van der Waals surface area contributed by atoms with Crippen molar-refractivity contribution < 1.29 is 9.53 Å². The highest BCUT2D eigenvalue weighted by Gasteiger charge is 2.37. The summed E-state index contributed by atoms with van der Waals surface area (Å²) in [5, 5.41) is 3.21. The van der Waals surface area contributed by atoms with Gasteiger partial charge in [-0.05, 0) is 31.2 Å². The minimum atomic E-state index is -0.405. The molecule has 0 amide bonds. The van der Waals surface area contributed by atoms with E-state index in [1.165, 1.54) is 12.8 Å². The van der Waals surface area contributed by atoms with Gasteiger partial charge in [-0.2, -0.15) is 0 Å². The first kappa shape index (κ1) is 12.7. The van der Waals surface area contributed by atoms with Gasteiger partial charge in [0.2, 0.25) is 0 Å². The summed E-state index contributed by atoms with van der Waals surface area (Å²) in [6.07, 6.45) is 4.01. The van der Waals surface area contributed by atoms with E-state index in [0.29, 0.717) is 29.1 Å². The Morgan fingerprint density at radius 2 is 2.33 bits per heavy atom. The van der Waals surface area contributed by atoms with Crippen LogP contribution in [0.1, 0.15) is 37.0 Å². The van der Waals surface area contributed by atoms with Crippen LogP contribution in [-0.4, -0.2) is 24.1 Å². The third-order valence-corrected chi connectivity index (χ3v) is 3.27. The van der Waals surface area contributed by atoms with Gasteiger partial charge >= 0.3 is 5.97 Å². The average molecular weight is 249 g/mol. The quantitative estimate of drug-likeness (QED) is 0.781. The van der Waals surface area contributed by atoms with Crippen LogP contribution in [0.4, 0.5) is 11.5 Å². The number of hydrogen-bond acceptors (Lipinski definition) is 5. The fourth-order valence-electron chi connectivity index (χ4n) is 1.69. The molecule has 0 atom stereocenters. The van der Waals surface area contributed by atoms with E-state index in [-0.39, 0.29) is 0 Å². The molecule has 1 saturated carbocycles. The Labute approximate surface area is 107 Å². The number of carbonyl (C=O) groups excluding carboxylic acids is 1. The molecule has 1 aromatic rings. The van der Waals surface area contributed by atoms with Crippen LogP contribution in [0.15, 0.2) is 12.3 Å². The number of esters is 1. The van der Waals surface area contributed by atoms with E-state index in [4.69, 9.17) is 10.5 Å². The number of rotatable bonds is 5. The zero-order valence-corrected chi connectivity index (χ0v) is 10.8. The summed E-state index contributed by atoms with van der Waals surface area (Å²) < 4.78 is 4.95. The van der Waals surface area contributed by atoms with Crippen molar-refractivity contribution in [3.8, 4) is 0 Å². The van der Waals surface area contributed by atoms with Crippen molar-refractivity contribution in [1.29, 1.82) is 0 Å². The molecule has 3 N–H and O–H groups in total. The molecular formula is C13H19N3O2. The van der Waals surface area contributed by atoms with Crippen LogP contribution in [0.2, 0.25) is 0 Å². The number of nitrogens with one attached hydrogen (secondary N) is 1. The molecule has 0 radical (unpaired) electrons. The van der Waals surface area contributed by atoms with Crippen LogP contribution in [0.3, 0.4) is 0 Å². The monoisotopic (exact) mass is 249 g/mol. The highest BCUT2D eigenvalue weighted by molar-refractivity contribution is 5.97. The van der Waals surface area contributed by atoms with Gasteiger partial charge in [0.25, 0.3) is 0 Å². The molecular weight excluding hydrogens is 230 g/mol. The Hall–Kier alpha value is -1.78. The van der Waals surface area contributed by atoms with Crippen molar-refractivity contribution >= 4 is 17.5 Å². The summed E-state index contributed by atoms with van der Waals surface area (Å²) in [5.74, 6) is 0.159. The molecule has 0 spiro atoms. The third-order valence-electron chi connectivity index (χ3n) is 3.27. The third kappa shape index (κ3) is 2.72. The van der Waals surface area contributed by atoms with Crippen molar-refractivity contribution in [2.75, 3.05) is 24.2 Å². The van der Waals surface area contributed by atoms with Crippen molar-refractivity contribution in [2.24, 2.45) is 5.41 Å². The first-order chi connectivity index (χ1) is 8.56. The molecule has 0 bridgehead atoms. The number of hydrogen-bond donors (Lipinski definition) is 2. The van der Waals surface area contributed by atoms with Crippen LogP contribution in [-0.2, 0) is 4.74 Å². The SMILES string of the molecule is CCOC(=O)c1ccnc(NCC2(C)CC2)c1N. The number of carbonyl (C=O) groups is 1. The van der Waals surface area contributed by atoms with E-state index in [0.717, 1.165) is 6.54 Å². The zero-order chi connectivity index (χ0) is 13.2. The second-order valence-electron chi connectivity index (χ2n) is 5.01. The molecule has 0 aromatic carbocycles.